The Hall–Kier alpha value is -3.42. The highest BCUT2D eigenvalue weighted by molar-refractivity contribution is 6.07. The summed E-state index contributed by atoms with van der Waals surface area (Å²) in [6.45, 7) is 0.283. The van der Waals surface area contributed by atoms with Crippen LogP contribution in [0.2, 0.25) is 0 Å². The first-order chi connectivity index (χ1) is 13.9. The maximum absolute atomic E-state index is 13.2. The lowest BCUT2D eigenvalue weighted by atomic mass is 9.73. The molecule has 2 atom stereocenters. The number of benzene rings is 1. The molecule has 4 amide bonds. The van der Waals surface area contributed by atoms with E-state index in [4.69, 9.17) is 0 Å². The van der Waals surface area contributed by atoms with Crippen LogP contribution in [-0.4, -0.2) is 59.8 Å². The zero-order valence-electron chi connectivity index (χ0n) is 16.4. The first-order valence-corrected chi connectivity index (χ1v) is 9.50. The number of likely N-dealkylation sites (tertiary alicyclic amines) is 1. The number of hydrogen-bond donors (Lipinski definition) is 2. The number of nitrogens with one attached hydrogen (secondary N) is 2. The Morgan fingerprint density at radius 2 is 2.07 bits per heavy atom. The van der Waals surface area contributed by atoms with Gasteiger partial charge in [0.2, 0.25) is 11.8 Å². The summed E-state index contributed by atoms with van der Waals surface area (Å²) in [5, 5.41) is 5.60. The van der Waals surface area contributed by atoms with Gasteiger partial charge in [0.15, 0.2) is 0 Å². The van der Waals surface area contributed by atoms with Crippen LogP contribution in [0.1, 0.15) is 23.6 Å². The third-order valence-electron chi connectivity index (χ3n) is 5.70. The van der Waals surface area contributed by atoms with E-state index >= 15 is 0 Å². The summed E-state index contributed by atoms with van der Waals surface area (Å²) < 4.78 is 0. The SMILES string of the molecule is CN(C)C(=O)NCC(=O)N1CCC2(C(=O)Nc3ccccc32)C1c1cccnc1. The van der Waals surface area contributed by atoms with Crippen molar-refractivity contribution in [1.29, 1.82) is 0 Å². The number of para-hydroxylation sites is 1. The monoisotopic (exact) mass is 393 g/mol. The van der Waals surface area contributed by atoms with Gasteiger partial charge in [0.25, 0.3) is 0 Å². The fourth-order valence-corrected chi connectivity index (χ4v) is 4.37. The van der Waals surface area contributed by atoms with E-state index in [-0.39, 0.29) is 24.4 Å². The van der Waals surface area contributed by atoms with E-state index in [1.54, 1.807) is 37.5 Å². The molecule has 3 heterocycles. The quantitative estimate of drug-likeness (QED) is 0.827. The van der Waals surface area contributed by atoms with Crippen LogP contribution in [0, 0.1) is 0 Å². The van der Waals surface area contributed by atoms with E-state index < -0.39 is 11.5 Å². The maximum Gasteiger partial charge on any atom is 0.317 e. The summed E-state index contributed by atoms with van der Waals surface area (Å²) in [5.74, 6) is -0.344. The van der Waals surface area contributed by atoms with Crippen molar-refractivity contribution < 1.29 is 14.4 Å². The van der Waals surface area contributed by atoms with Crippen molar-refractivity contribution in [1.82, 2.24) is 20.1 Å². The molecule has 29 heavy (non-hydrogen) atoms. The van der Waals surface area contributed by atoms with Gasteiger partial charge in [-0.1, -0.05) is 24.3 Å². The number of fused-ring (bicyclic) bond motifs is 2. The number of hydrogen-bond acceptors (Lipinski definition) is 4. The summed E-state index contributed by atoms with van der Waals surface area (Å²) in [6.07, 6.45) is 3.87. The molecular formula is C21H23N5O3. The molecule has 0 aliphatic carbocycles. The van der Waals surface area contributed by atoms with Crippen LogP contribution in [0.3, 0.4) is 0 Å². The fourth-order valence-electron chi connectivity index (χ4n) is 4.37. The third-order valence-corrected chi connectivity index (χ3v) is 5.70. The molecular weight excluding hydrogens is 370 g/mol. The molecule has 1 spiro atoms. The van der Waals surface area contributed by atoms with Crippen molar-refractivity contribution in [3.63, 3.8) is 0 Å². The number of rotatable bonds is 3. The molecule has 150 valence electrons. The van der Waals surface area contributed by atoms with E-state index in [1.165, 1.54) is 4.90 Å². The Labute approximate surface area is 168 Å². The molecule has 0 saturated carbocycles. The Balaban J connectivity index is 1.72. The smallest absolute Gasteiger partial charge is 0.317 e. The van der Waals surface area contributed by atoms with Gasteiger partial charge in [-0.25, -0.2) is 4.79 Å². The zero-order valence-corrected chi connectivity index (χ0v) is 16.4. The number of urea groups is 1. The Kier molecular flexibility index (Phi) is 4.70. The minimum absolute atomic E-state index is 0.111. The van der Waals surface area contributed by atoms with E-state index in [2.05, 4.69) is 15.6 Å². The number of anilines is 1. The van der Waals surface area contributed by atoms with Gasteiger partial charge in [0.05, 0.1) is 12.6 Å². The Morgan fingerprint density at radius 3 is 2.79 bits per heavy atom. The Bertz CT molecular complexity index is 962. The van der Waals surface area contributed by atoms with Gasteiger partial charge in [-0.3, -0.25) is 14.6 Å². The summed E-state index contributed by atoms with van der Waals surface area (Å²) in [6, 6.07) is 10.5. The standard InChI is InChI=1S/C21H23N5O3/c1-25(2)20(29)23-13-17(27)26-11-9-21(18(26)14-6-5-10-22-12-14)15-7-3-4-8-16(15)24-19(21)28/h3-8,10,12,18H,9,11,13H2,1-2H3,(H,23,29)(H,24,28). The van der Waals surface area contributed by atoms with Crippen molar-refractivity contribution in [3.05, 3.63) is 59.9 Å². The highest BCUT2D eigenvalue weighted by Gasteiger charge is 2.59. The van der Waals surface area contributed by atoms with Crippen LogP contribution < -0.4 is 10.6 Å². The van der Waals surface area contributed by atoms with Gasteiger partial charge in [0, 0.05) is 38.7 Å². The summed E-state index contributed by atoms with van der Waals surface area (Å²) in [7, 11) is 3.23. The average molecular weight is 393 g/mol. The predicted molar refractivity (Wildman–Crippen MR) is 107 cm³/mol. The van der Waals surface area contributed by atoms with Crippen molar-refractivity contribution in [2.24, 2.45) is 0 Å². The number of pyridine rings is 1. The topological polar surface area (TPSA) is 94.6 Å². The van der Waals surface area contributed by atoms with Gasteiger partial charge in [0.1, 0.15) is 5.41 Å². The molecule has 0 radical (unpaired) electrons. The highest BCUT2D eigenvalue weighted by Crippen LogP contribution is 2.54. The predicted octanol–water partition coefficient (Wildman–Crippen LogP) is 1.52. The summed E-state index contributed by atoms with van der Waals surface area (Å²) >= 11 is 0. The molecule has 2 aliphatic rings. The molecule has 1 fully saturated rings. The van der Waals surface area contributed by atoms with Crippen molar-refractivity contribution in [2.75, 3.05) is 32.5 Å². The average Bonchev–Trinajstić information content (AvgIpc) is 3.26. The van der Waals surface area contributed by atoms with Gasteiger partial charge < -0.3 is 20.4 Å². The number of amides is 4. The second-order valence-electron chi connectivity index (χ2n) is 7.55. The zero-order chi connectivity index (χ0) is 20.6. The second-order valence-corrected chi connectivity index (χ2v) is 7.55. The van der Waals surface area contributed by atoms with Crippen LogP contribution in [0.4, 0.5) is 10.5 Å². The second kappa shape index (κ2) is 7.20. The highest BCUT2D eigenvalue weighted by atomic mass is 16.2. The molecule has 1 aromatic carbocycles. The van der Waals surface area contributed by atoms with Crippen LogP contribution in [0.15, 0.2) is 48.8 Å². The third kappa shape index (κ3) is 3.00. The van der Waals surface area contributed by atoms with Crippen LogP contribution in [0.25, 0.3) is 0 Å². The summed E-state index contributed by atoms with van der Waals surface area (Å²) in [5.41, 5.74) is 1.60. The van der Waals surface area contributed by atoms with Gasteiger partial charge in [-0.05, 0) is 29.7 Å². The van der Waals surface area contributed by atoms with Gasteiger partial charge >= 0.3 is 6.03 Å². The number of carbonyl (C=O) groups is 3. The van der Waals surface area contributed by atoms with Crippen LogP contribution in [-0.2, 0) is 15.0 Å². The Morgan fingerprint density at radius 1 is 1.28 bits per heavy atom. The largest absolute Gasteiger partial charge is 0.333 e. The number of nitrogens with zero attached hydrogens (tertiary/aromatic N) is 3. The number of aromatic nitrogens is 1. The summed E-state index contributed by atoms with van der Waals surface area (Å²) in [4.78, 5) is 45.4. The van der Waals surface area contributed by atoms with Crippen molar-refractivity contribution >= 4 is 23.5 Å². The van der Waals surface area contributed by atoms with E-state index in [9.17, 15) is 14.4 Å². The molecule has 4 rings (SSSR count). The minimum Gasteiger partial charge on any atom is -0.333 e. The van der Waals surface area contributed by atoms with E-state index in [0.717, 1.165) is 16.8 Å². The number of carbonyl (C=O) groups excluding carboxylic acids is 3. The molecule has 2 unspecified atom stereocenters. The molecule has 1 aromatic heterocycles. The molecule has 2 aliphatic heterocycles. The molecule has 1 saturated heterocycles. The molecule has 0 bridgehead atoms. The normalized spacial score (nSPS) is 22.3. The fraction of sp³-hybridized carbons (Fsp3) is 0.333. The van der Waals surface area contributed by atoms with E-state index in [1.807, 2.05) is 30.3 Å². The van der Waals surface area contributed by atoms with Crippen molar-refractivity contribution in [2.45, 2.75) is 17.9 Å². The van der Waals surface area contributed by atoms with Crippen molar-refractivity contribution in [3.8, 4) is 0 Å². The van der Waals surface area contributed by atoms with Gasteiger partial charge in [-0.15, -0.1) is 0 Å². The minimum atomic E-state index is -0.874. The first kappa shape index (κ1) is 18.9. The van der Waals surface area contributed by atoms with Crippen LogP contribution in [0.5, 0.6) is 0 Å². The lowest BCUT2D eigenvalue weighted by Crippen LogP contribution is -2.46. The molecule has 8 heteroatoms. The molecule has 2 N–H and O–H groups in total. The van der Waals surface area contributed by atoms with Gasteiger partial charge in [-0.2, -0.15) is 0 Å². The molecule has 8 nitrogen and oxygen atoms in total. The van der Waals surface area contributed by atoms with E-state index in [0.29, 0.717) is 13.0 Å². The lowest BCUT2D eigenvalue weighted by molar-refractivity contribution is -0.132. The lowest BCUT2D eigenvalue weighted by Gasteiger charge is -2.34. The maximum atomic E-state index is 13.2. The van der Waals surface area contributed by atoms with Crippen LogP contribution >= 0.6 is 0 Å². The first-order valence-electron chi connectivity index (χ1n) is 9.50. The molecule has 2 aromatic rings.